The molecule has 0 radical (unpaired) electrons. The minimum Gasteiger partial charge on any atom is -0.346 e. The Bertz CT molecular complexity index is 709. The van der Waals surface area contributed by atoms with Crippen LogP contribution in [0, 0.1) is 13.8 Å². The Hall–Kier alpha value is -2.66. The van der Waals surface area contributed by atoms with Gasteiger partial charge in [0.15, 0.2) is 0 Å². The third-order valence-electron chi connectivity index (χ3n) is 4.06. The van der Waals surface area contributed by atoms with Crippen molar-refractivity contribution in [3.63, 3.8) is 0 Å². The summed E-state index contributed by atoms with van der Waals surface area (Å²) >= 11 is 0. The van der Waals surface area contributed by atoms with Gasteiger partial charge in [0.2, 0.25) is 11.8 Å². The Balaban J connectivity index is 1.75. The van der Waals surface area contributed by atoms with E-state index in [0.29, 0.717) is 0 Å². The molecule has 0 fully saturated rings. The normalized spacial score (nSPS) is 11.6. The minimum absolute atomic E-state index is 0.0476. The lowest BCUT2D eigenvalue weighted by molar-refractivity contribution is -0.123. The summed E-state index contributed by atoms with van der Waals surface area (Å²) < 4.78 is 0. The van der Waals surface area contributed by atoms with Crippen LogP contribution < -0.4 is 16.0 Å². The lowest BCUT2D eigenvalue weighted by Gasteiger charge is -2.14. The smallest absolute Gasteiger partial charge is 0.243 e. The highest BCUT2D eigenvalue weighted by Crippen LogP contribution is 2.18. The Morgan fingerprint density at radius 2 is 1.52 bits per heavy atom. The van der Waals surface area contributed by atoms with Crippen LogP contribution >= 0.6 is 0 Å². The maximum absolute atomic E-state index is 12.0. The summed E-state index contributed by atoms with van der Waals surface area (Å²) in [6.07, 6.45) is 0. The third-order valence-corrected chi connectivity index (χ3v) is 4.06. The monoisotopic (exact) mass is 339 g/mol. The first-order valence-corrected chi connectivity index (χ1v) is 8.38. The molecule has 0 saturated heterocycles. The zero-order valence-corrected chi connectivity index (χ0v) is 14.9. The Morgan fingerprint density at radius 1 is 0.880 bits per heavy atom. The van der Waals surface area contributed by atoms with Crippen LogP contribution in [0.2, 0.25) is 0 Å². The van der Waals surface area contributed by atoms with E-state index in [-0.39, 0.29) is 30.9 Å². The first-order valence-electron chi connectivity index (χ1n) is 8.38. The molecule has 25 heavy (non-hydrogen) atoms. The van der Waals surface area contributed by atoms with Gasteiger partial charge in [-0.05, 0) is 37.5 Å². The summed E-state index contributed by atoms with van der Waals surface area (Å²) in [5, 5.41) is 8.63. The molecule has 0 aliphatic heterocycles. The van der Waals surface area contributed by atoms with E-state index in [1.165, 1.54) is 0 Å². The van der Waals surface area contributed by atoms with Gasteiger partial charge in [0.25, 0.3) is 0 Å². The molecule has 2 amide bonds. The van der Waals surface area contributed by atoms with Crippen molar-refractivity contribution < 1.29 is 9.59 Å². The fraction of sp³-hybridized carbons (Fsp3) is 0.300. The predicted molar refractivity (Wildman–Crippen MR) is 100 cm³/mol. The second kappa shape index (κ2) is 8.99. The number of amides is 2. The Labute approximate surface area is 148 Å². The number of carbonyl (C=O) groups is 2. The molecule has 0 aliphatic carbocycles. The van der Waals surface area contributed by atoms with Crippen molar-refractivity contribution in [2.75, 3.05) is 18.4 Å². The van der Waals surface area contributed by atoms with Gasteiger partial charge in [0.05, 0.1) is 13.1 Å². The molecule has 0 saturated carbocycles. The number of aryl methyl sites for hydroxylation is 2. The van der Waals surface area contributed by atoms with Gasteiger partial charge in [0.1, 0.15) is 0 Å². The number of hydrogen-bond donors (Lipinski definition) is 3. The molecule has 0 bridgehead atoms. The topological polar surface area (TPSA) is 70.2 Å². The van der Waals surface area contributed by atoms with Crippen molar-refractivity contribution in [2.24, 2.45) is 0 Å². The molecule has 0 aromatic heterocycles. The van der Waals surface area contributed by atoms with Gasteiger partial charge in [0, 0.05) is 11.7 Å². The summed E-state index contributed by atoms with van der Waals surface area (Å²) in [6.45, 7) is 5.99. The van der Waals surface area contributed by atoms with Crippen molar-refractivity contribution in [1.29, 1.82) is 0 Å². The maximum Gasteiger partial charge on any atom is 0.243 e. The molecular formula is C20H25N3O2. The SMILES string of the molecule is Cc1cccc(C)c1NC(=O)CNC(=O)CN[C@H](C)c1ccccc1. The molecule has 0 heterocycles. The van der Waals surface area contributed by atoms with E-state index in [2.05, 4.69) is 16.0 Å². The molecule has 1 atom stereocenters. The molecule has 0 aliphatic rings. The highest BCUT2D eigenvalue weighted by Gasteiger charge is 2.10. The van der Waals surface area contributed by atoms with Crippen LogP contribution in [-0.2, 0) is 9.59 Å². The van der Waals surface area contributed by atoms with Gasteiger partial charge in [-0.1, -0.05) is 48.5 Å². The molecule has 2 rings (SSSR count). The van der Waals surface area contributed by atoms with Crippen molar-refractivity contribution >= 4 is 17.5 Å². The van der Waals surface area contributed by atoms with E-state index in [9.17, 15) is 9.59 Å². The Morgan fingerprint density at radius 3 is 2.16 bits per heavy atom. The van der Waals surface area contributed by atoms with Crippen LogP contribution in [0.1, 0.15) is 29.7 Å². The third kappa shape index (κ3) is 5.72. The average Bonchev–Trinajstić information content (AvgIpc) is 2.62. The minimum atomic E-state index is -0.234. The van der Waals surface area contributed by atoms with Gasteiger partial charge in [-0.2, -0.15) is 0 Å². The number of anilines is 1. The summed E-state index contributed by atoms with van der Waals surface area (Å²) in [4.78, 5) is 24.0. The highest BCUT2D eigenvalue weighted by atomic mass is 16.2. The van der Waals surface area contributed by atoms with Gasteiger partial charge in [-0.3, -0.25) is 9.59 Å². The molecule has 5 heteroatoms. The van der Waals surface area contributed by atoms with Crippen molar-refractivity contribution in [3.8, 4) is 0 Å². The van der Waals surface area contributed by atoms with Crippen LogP contribution in [0.3, 0.4) is 0 Å². The van der Waals surface area contributed by atoms with Crippen LogP contribution in [-0.4, -0.2) is 24.9 Å². The number of para-hydroxylation sites is 1. The number of carbonyl (C=O) groups excluding carboxylic acids is 2. The van der Waals surface area contributed by atoms with Crippen LogP contribution in [0.15, 0.2) is 48.5 Å². The molecular weight excluding hydrogens is 314 g/mol. The fourth-order valence-corrected chi connectivity index (χ4v) is 2.54. The van der Waals surface area contributed by atoms with Crippen molar-refractivity contribution in [3.05, 3.63) is 65.2 Å². The molecule has 0 spiro atoms. The molecule has 2 aromatic carbocycles. The Kier molecular flexibility index (Phi) is 6.71. The van der Waals surface area contributed by atoms with E-state index >= 15 is 0 Å². The van der Waals surface area contributed by atoms with Crippen LogP contribution in [0.25, 0.3) is 0 Å². The fourth-order valence-electron chi connectivity index (χ4n) is 2.54. The molecule has 0 unspecified atom stereocenters. The molecule has 5 nitrogen and oxygen atoms in total. The van der Waals surface area contributed by atoms with Gasteiger partial charge in [-0.15, -0.1) is 0 Å². The van der Waals surface area contributed by atoms with E-state index in [1.807, 2.05) is 69.3 Å². The highest BCUT2D eigenvalue weighted by molar-refractivity contribution is 5.95. The summed E-state index contributed by atoms with van der Waals surface area (Å²) in [6, 6.07) is 15.8. The van der Waals surface area contributed by atoms with Gasteiger partial charge < -0.3 is 16.0 Å². The predicted octanol–water partition coefficient (Wildman–Crippen LogP) is 2.71. The van der Waals surface area contributed by atoms with E-state index < -0.39 is 0 Å². The lowest BCUT2D eigenvalue weighted by atomic mass is 10.1. The first-order chi connectivity index (χ1) is 12.0. The van der Waals surface area contributed by atoms with Crippen molar-refractivity contribution in [2.45, 2.75) is 26.8 Å². The second-order valence-electron chi connectivity index (χ2n) is 6.10. The zero-order chi connectivity index (χ0) is 18.2. The van der Waals surface area contributed by atoms with Gasteiger partial charge in [-0.25, -0.2) is 0 Å². The lowest BCUT2D eigenvalue weighted by Crippen LogP contribution is -2.39. The maximum atomic E-state index is 12.0. The standard InChI is InChI=1S/C20H25N3O2/c1-14-8-7-9-15(2)20(14)23-19(25)13-22-18(24)12-21-16(3)17-10-5-4-6-11-17/h4-11,16,21H,12-13H2,1-3H3,(H,22,24)(H,23,25)/t16-/m1/s1. The molecule has 2 aromatic rings. The number of hydrogen-bond acceptors (Lipinski definition) is 3. The molecule has 3 N–H and O–H groups in total. The first kappa shape index (κ1) is 18.7. The van der Waals surface area contributed by atoms with Crippen LogP contribution in [0.5, 0.6) is 0 Å². The number of nitrogens with one attached hydrogen (secondary N) is 3. The summed E-state index contributed by atoms with van der Waals surface area (Å²) in [7, 11) is 0. The van der Waals surface area contributed by atoms with E-state index in [0.717, 1.165) is 22.4 Å². The zero-order valence-electron chi connectivity index (χ0n) is 14.9. The van der Waals surface area contributed by atoms with E-state index in [4.69, 9.17) is 0 Å². The largest absolute Gasteiger partial charge is 0.346 e. The number of rotatable bonds is 7. The quantitative estimate of drug-likeness (QED) is 0.726. The average molecular weight is 339 g/mol. The van der Waals surface area contributed by atoms with Crippen LogP contribution in [0.4, 0.5) is 5.69 Å². The van der Waals surface area contributed by atoms with Gasteiger partial charge >= 0.3 is 0 Å². The second-order valence-corrected chi connectivity index (χ2v) is 6.10. The number of benzene rings is 2. The molecule has 132 valence electrons. The summed E-state index contributed by atoms with van der Waals surface area (Å²) in [5.74, 6) is -0.443. The van der Waals surface area contributed by atoms with Crippen molar-refractivity contribution in [1.82, 2.24) is 10.6 Å². The summed E-state index contributed by atoms with van der Waals surface area (Å²) in [5.41, 5.74) is 3.91. The van der Waals surface area contributed by atoms with E-state index in [1.54, 1.807) is 0 Å².